The zero-order valence-corrected chi connectivity index (χ0v) is 8.15. The van der Waals surface area contributed by atoms with E-state index in [-0.39, 0.29) is 5.41 Å². The highest BCUT2D eigenvalue weighted by Gasteiger charge is 2.31. The van der Waals surface area contributed by atoms with E-state index in [4.69, 9.17) is 11.6 Å². The molecule has 1 aromatic rings. The second kappa shape index (κ2) is 2.46. The van der Waals surface area contributed by atoms with E-state index >= 15 is 0 Å². The molecule has 1 heterocycles. The van der Waals surface area contributed by atoms with Gasteiger partial charge in [0.25, 0.3) is 0 Å². The summed E-state index contributed by atoms with van der Waals surface area (Å²) in [5.41, 5.74) is 2.90. The van der Waals surface area contributed by atoms with Gasteiger partial charge in [-0.15, -0.1) is 0 Å². The van der Waals surface area contributed by atoms with Gasteiger partial charge < -0.3 is 0 Å². The summed E-state index contributed by atoms with van der Waals surface area (Å²) in [7, 11) is 0. The minimum absolute atomic E-state index is 0.271. The van der Waals surface area contributed by atoms with Crippen LogP contribution in [-0.4, -0.2) is 4.98 Å². The van der Waals surface area contributed by atoms with Crippen molar-refractivity contribution in [1.29, 1.82) is 0 Å². The van der Waals surface area contributed by atoms with Gasteiger partial charge >= 0.3 is 0 Å². The largest absolute Gasteiger partial charge is 0.263 e. The van der Waals surface area contributed by atoms with Gasteiger partial charge in [0.15, 0.2) is 0 Å². The van der Waals surface area contributed by atoms with Gasteiger partial charge in [-0.1, -0.05) is 25.4 Å². The molecular formula is C10H12ClN. The van der Waals surface area contributed by atoms with E-state index in [9.17, 15) is 0 Å². The molecule has 1 aliphatic rings. The molecule has 64 valence electrons. The minimum Gasteiger partial charge on any atom is -0.263 e. The highest BCUT2D eigenvalue weighted by molar-refractivity contribution is 6.31. The van der Waals surface area contributed by atoms with Gasteiger partial charge in [-0.25, -0.2) is 0 Å². The molecule has 0 radical (unpaired) electrons. The van der Waals surface area contributed by atoms with Crippen molar-refractivity contribution in [3.05, 3.63) is 28.5 Å². The topological polar surface area (TPSA) is 12.9 Å². The lowest BCUT2D eigenvalue weighted by Crippen LogP contribution is -2.11. The number of hydrogen-bond acceptors (Lipinski definition) is 1. The molecule has 1 aromatic heterocycles. The molecule has 2 rings (SSSR count). The Labute approximate surface area is 77.8 Å². The quantitative estimate of drug-likeness (QED) is 0.600. The van der Waals surface area contributed by atoms with Gasteiger partial charge in [0.1, 0.15) is 0 Å². The molecule has 0 amide bonds. The summed E-state index contributed by atoms with van der Waals surface area (Å²) in [5, 5.41) is 0.832. The Kier molecular flexibility index (Phi) is 1.65. The molecule has 0 saturated heterocycles. The maximum atomic E-state index is 6.03. The monoisotopic (exact) mass is 181 g/mol. The van der Waals surface area contributed by atoms with Crippen LogP contribution < -0.4 is 0 Å². The van der Waals surface area contributed by atoms with Gasteiger partial charge in [-0.2, -0.15) is 0 Å². The summed E-state index contributed by atoms with van der Waals surface area (Å²) in [4.78, 5) is 4.12. The fourth-order valence-corrected chi connectivity index (χ4v) is 2.12. The van der Waals surface area contributed by atoms with Crippen molar-refractivity contribution in [1.82, 2.24) is 4.98 Å². The third kappa shape index (κ3) is 1.04. The van der Waals surface area contributed by atoms with Crippen LogP contribution in [0.25, 0.3) is 0 Å². The van der Waals surface area contributed by atoms with E-state index in [1.54, 1.807) is 6.20 Å². The van der Waals surface area contributed by atoms with Crippen LogP contribution in [0.1, 0.15) is 31.4 Å². The van der Waals surface area contributed by atoms with E-state index in [0.29, 0.717) is 0 Å². The first-order valence-corrected chi connectivity index (χ1v) is 4.62. The van der Waals surface area contributed by atoms with Crippen molar-refractivity contribution in [2.24, 2.45) is 0 Å². The maximum Gasteiger partial charge on any atom is 0.0624 e. The Morgan fingerprint density at radius 1 is 1.42 bits per heavy atom. The van der Waals surface area contributed by atoms with Crippen LogP contribution in [0.4, 0.5) is 0 Å². The van der Waals surface area contributed by atoms with Crippen LogP contribution in [0, 0.1) is 0 Å². The summed E-state index contributed by atoms with van der Waals surface area (Å²) in [6.07, 6.45) is 5.98. The second-order valence-electron chi connectivity index (χ2n) is 4.03. The molecule has 0 spiro atoms. The third-order valence-corrected chi connectivity index (χ3v) is 3.06. The number of rotatable bonds is 0. The Morgan fingerprint density at radius 2 is 2.17 bits per heavy atom. The molecule has 12 heavy (non-hydrogen) atoms. The predicted molar refractivity (Wildman–Crippen MR) is 50.6 cm³/mol. The van der Waals surface area contributed by atoms with Crippen LogP contribution >= 0.6 is 11.6 Å². The van der Waals surface area contributed by atoms with E-state index < -0.39 is 0 Å². The van der Waals surface area contributed by atoms with Crippen LogP contribution in [0.5, 0.6) is 0 Å². The molecule has 0 saturated carbocycles. The Bertz CT molecular complexity index is 318. The molecule has 0 aromatic carbocycles. The van der Waals surface area contributed by atoms with Crippen LogP contribution in [0.3, 0.4) is 0 Å². The van der Waals surface area contributed by atoms with Crippen molar-refractivity contribution >= 4 is 11.6 Å². The number of pyridine rings is 1. The standard InChI is InChI=1S/C10H12ClN/c1-10(2)4-3-7-8(10)5-12-6-9(7)11/h5-6H,3-4H2,1-2H3. The normalized spacial score (nSPS) is 19.2. The smallest absolute Gasteiger partial charge is 0.0624 e. The second-order valence-corrected chi connectivity index (χ2v) is 4.44. The summed E-state index contributed by atoms with van der Waals surface area (Å²) >= 11 is 6.03. The molecule has 0 unspecified atom stereocenters. The fourth-order valence-electron chi connectivity index (χ4n) is 1.87. The summed E-state index contributed by atoms with van der Waals surface area (Å²) < 4.78 is 0. The number of aromatic nitrogens is 1. The number of hydrogen-bond donors (Lipinski definition) is 0. The molecule has 2 heteroatoms. The Balaban J connectivity index is 2.61. The fraction of sp³-hybridized carbons (Fsp3) is 0.500. The van der Waals surface area contributed by atoms with E-state index in [1.165, 1.54) is 17.5 Å². The summed E-state index contributed by atoms with van der Waals surface area (Å²) in [6.45, 7) is 4.49. The highest BCUT2D eigenvalue weighted by atomic mass is 35.5. The number of nitrogens with zero attached hydrogens (tertiary/aromatic N) is 1. The lowest BCUT2D eigenvalue weighted by Gasteiger charge is -2.17. The van der Waals surface area contributed by atoms with Gasteiger partial charge in [-0.3, -0.25) is 4.98 Å². The van der Waals surface area contributed by atoms with Gasteiger partial charge in [0, 0.05) is 12.4 Å². The van der Waals surface area contributed by atoms with Crippen molar-refractivity contribution in [3.63, 3.8) is 0 Å². The van der Waals surface area contributed by atoms with Crippen molar-refractivity contribution < 1.29 is 0 Å². The lowest BCUT2D eigenvalue weighted by atomic mass is 9.88. The Morgan fingerprint density at radius 3 is 2.83 bits per heavy atom. The van der Waals surface area contributed by atoms with Gasteiger partial charge in [0.05, 0.1) is 5.02 Å². The van der Waals surface area contributed by atoms with Gasteiger partial charge in [-0.05, 0) is 29.4 Å². The molecule has 0 bridgehead atoms. The molecule has 0 N–H and O–H groups in total. The highest BCUT2D eigenvalue weighted by Crippen LogP contribution is 2.40. The summed E-state index contributed by atoms with van der Waals surface area (Å²) in [6, 6.07) is 0. The molecule has 0 fully saturated rings. The summed E-state index contributed by atoms with van der Waals surface area (Å²) in [5.74, 6) is 0. The molecule has 1 nitrogen and oxygen atoms in total. The molecule has 0 atom stereocenters. The number of fused-ring (bicyclic) bond motifs is 1. The third-order valence-electron chi connectivity index (χ3n) is 2.73. The van der Waals surface area contributed by atoms with E-state index in [2.05, 4.69) is 18.8 Å². The SMILES string of the molecule is CC1(C)CCc2c(Cl)cncc21. The van der Waals surface area contributed by atoms with Crippen LogP contribution in [0.2, 0.25) is 5.02 Å². The van der Waals surface area contributed by atoms with Gasteiger partial charge in [0.2, 0.25) is 0 Å². The average Bonchev–Trinajstić information content (AvgIpc) is 2.30. The van der Waals surface area contributed by atoms with Crippen molar-refractivity contribution in [3.8, 4) is 0 Å². The first kappa shape index (κ1) is 8.06. The first-order valence-electron chi connectivity index (χ1n) is 4.24. The average molecular weight is 182 g/mol. The minimum atomic E-state index is 0.271. The first-order chi connectivity index (χ1) is 5.61. The molecular weight excluding hydrogens is 170 g/mol. The van der Waals surface area contributed by atoms with Crippen LogP contribution in [-0.2, 0) is 11.8 Å². The zero-order valence-electron chi connectivity index (χ0n) is 7.39. The number of halogens is 1. The van der Waals surface area contributed by atoms with E-state index in [0.717, 1.165) is 11.4 Å². The maximum absolute atomic E-state index is 6.03. The predicted octanol–water partition coefficient (Wildman–Crippen LogP) is 2.96. The van der Waals surface area contributed by atoms with Crippen molar-refractivity contribution in [2.45, 2.75) is 32.1 Å². The molecule has 1 aliphatic carbocycles. The van der Waals surface area contributed by atoms with Crippen molar-refractivity contribution in [2.75, 3.05) is 0 Å². The lowest BCUT2D eigenvalue weighted by molar-refractivity contribution is 0.521. The van der Waals surface area contributed by atoms with Crippen LogP contribution in [0.15, 0.2) is 12.4 Å². The Hall–Kier alpha value is -0.560. The zero-order chi connectivity index (χ0) is 8.77. The molecule has 0 aliphatic heterocycles. The van der Waals surface area contributed by atoms with E-state index in [1.807, 2.05) is 6.20 Å².